The number of para-hydroxylation sites is 1. The Morgan fingerprint density at radius 2 is 1.57 bits per heavy atom. The molecule has 0 fully saturated rings. The van der Waals surface area contributed by atoms with Crippen molar-refractivity contribution in [2.45, 2.75) is 0 Å². The number of hydrogen-bond acceptors (Lipinski definition) is 4. The van der Waals surface area contributed by atoms with Gasteiger partial charge in [-0.15, -0.1) is 0 Å². The molecule has 0 saturated heterocycles. The van der Waals surface area contributed by atoms with Crippen LogP contribution in [0.5, 0.6) is 11.5 Å². The van der Waals surface area contributed by atoms with Crippen LogP contribution < -0.4 is 20.1 Å². The first kappa shape index (κ1) is 20.0. The molecule has 3 aromatic rings. The second-order valence-corrected chi connectivity index (χ2v) is 7.08. The fourth-order valence-corrected chi connectivity index (χ4v) is 3.32. The summed E-state index contributed by atoms with van der Waals surface area (Å²) in [4.78, 5) is 25.4. The van der Waals surface area contributed by atoms with Crippen LogP contribution in [0.3, 0.4) is 0 Å². The van der Waals surface area contributed by atoms with Crippen LogP contribution in [0.15, 0.2) is 54.6 Å². The smallest absolute Gasteiger partial charge is 0.257 e. The fourth-order valence-electron chi connectivity index (χ4n) is 2.85. The first-order valence-corrected chi connectivity index (χ1v) is 9.44. The molecule has 30 heavy (non-hydrogen) atoms. The predicted octanol–water partition coefficient (Wildman–Crippen LogP) is 5.37. The molecule has 2 amide bonds. The molecule has 1 aliphatic heterocycles. The molecule has 0 bridgehead atoms. The average Bonchev–Trinajstić information content (AvgIpc) is 3.19. The van der Waals surface area contributed by atoms with Gasteiger partial charge in [-0.05, 0) is 36.4 Å². The summed E-state index contributed by atoms with van der Waals surface area (Å²) in [5, 5.41) is 5.12. The molecule has 1 aliphatic rings. The zero-order valence-electron chi connectivity index (χ0n) is 15.2. The largest absolute Gasteiger partial charge is 0.454 e. The summed E-state index contributed by atoms with van der Waals surface area (Å²) in [5.41, 5.74) is 0.819. The molecule has 152 valence electrons. The van der Waals surface area contributed by atoms with Crippen LogP contribution >= 0.6 is 23.2 Å². The summed E-state index contributed by atoms with van der Waals surface area (Å²) in [5.74, 6) is -0.807. The number of halogens is 3. The number of hydrogen-bond donors (Lipinski definition) is 2. The van der Waals surface area contributed by atoms with E-state index in [4.69, 9.17) is 32.7 Å². The molecule has 1 heterocycles. The van der Waals surface area contributed by atoms with Gasteiger partial charge in [0.05, 0.1) is 26.9 Å². The summed E-state index contributed by atoms with van der Waals surface area (Å²) in [6.45, 7) is 0.120. The molecule has 4 rings (SSSR count). The molecule has 3 aromatic carbocycles. The van der Waals surface area contributed by atoms with Crippen LogP contribution in [0, 0.1) is 5.82 Å². The number of fused-ring (bicyclic) bond motifs is 1. The second kappa shape index (κ2) is 8.22. The number of carbonyl (C=O) groups is 2. The third-order valence-corrected chi connectivity index (χ3v) is 4.91. The maximum atomic E-state index is 13.7. The van der Waals surface area contributed by atoms with E-state index in [-0.39, 0.29) is 33.7 Å². The Morgan fingerprint density at radius 1 is 0.833 bits per heavy atom. The zero-order chi connectivity index (χ0) is 21.3. The number of amides is 2. The van der Waals surface area contributed by atoms with Crippen molar-refractivity contribution in [3.05, 3.63) is 81.6 Å². The van der Waals surface area contributed by atoms with E-state index in [2.05, 4.69) is 10.6 Å². The molecule has 0 aromatic heterocycles. The molecule has 9 heteroatoms. The van der Waals surface area contributed by atoms with Crippen LogP contribution in [0.2, 0.25) is 10.0 Å². The normalized spacial score (nSPS) is 11.8. The van der Waals surface area contributed by atoms with E-state index >= 15 is 0 Å². The topological polar surface area (TPSA) is 76.7 Å². The lowest BCUT2D eigenvalue weighted by molar-refractivity contribution is 0.102. The Kier molecular flexibility index (Phi) is 5.48. The SMILES string of the molecule is O=C(Nc1ccccc1C(=O)Nc1ccc2c(c1)OCO2)c1cc(F)c(Cl)cc1Cl. The minimum Gasteiger partial charge on any atom is -0.454 e. The van der Waals surface area contributed by atoms with Crippen LogP contribution in [-0.4, -0.2) is 18.6 Å². The number of benzene rings is 3. The van der Waals surface area contributed by atoms with Crippen LogP contribution in [0.1, 0.15) is 20.7 Å². The van der Waals surface area contributed by atoms with Crippen molar-refractivity contribution in [1.29, 1.82) is 0 Å². The highest BCUT2D eigenvalue weighted by Crippen LogP contribution is 2.34. The molecule has 0 atom stereocenters. The third kappa shape index (κ3) is 4.03. The van der Waals surface area contributed by atoms with Crippen molar-refractivity contribution >= 4 is 46.4 Å². The van der Waals surface area contributed by atoms with Gasteiger partial charge >= 0.3 is 0 Å². The van der Waals surface area contributed by atoms with E-state index in [1.807, 2.05) is 0 Å². The van der Waals surface area contributed by atoms with Crippen molar-refractivity contribution in [3.8, 4) is 11.5 Å². The summed E-state index contributed by atoms with van der Waals surface area (Å²) < 4.78 is 24.3. The van der Waals surface area contributed by atoms with Gasteiger partial charge in [-0.3, -0.25) is 9.59 Å². The number of rotatable bonds is 4. The molecule has 0 radical (unpaired) electrons. The van der Waals surface area contributed by atoms with E-state index in [0.717, 1.165) is 12.1 Å². The van der Waals surface area contributed by atoms with E-state index in [0.29, 0.717) is 17.2 Å². The minimum absolute atomic E-state index is 0.0128. The Balaban J connectivity index is 1.56. The fraction of sp³-hybridized carbons (Fsp3) is 0.0476. The van der Waals surface area contributed by atoms with Gasteiger partial charge in [0.15, 0.2) is 11.5 Å². The molecule has 0 saturated carbocycles. The van der Waals surface area contributed by atoms with Gasteiger partial charge in [0.1, 0.15) is 5.82 Å². The monoisotopic (exact) mass is 446 g/mol. The van der Waals surface area contributed by atoms with E-state index in [9.17, 15) is 14.0 Å². The van der Waals surface area contributed by atoms with Crippen molar-refractivity contribution in [1.82, 2.24) is 0 Å². The molecular formula is C21H13Cl2FN2O4. The Bertz CT molecular complexity index is 1170. The lowest BCUT2D eigenvalue weighted by atomic mass is 10.1. The van der Waals surface area contributed by atoms with E-state index < -0.39 is 17.6 Å². The molecule has 6 nitrogen and oxygen atoms in total. The van der Waals surface area contributed by atoms with Gasteiger partial charge < -0.3 is 20.1 Å². The third-order valence-electron chi connectivity index (χ3n) is 4.30. The summed E-state index contributed by atoms with van der Waals surface area (Å²) in [6, 6.07) is 13.5. The standard InChI is InChI=1S/C21H13Cl2FN2O4/c22-14-9-15(23)16(24)8-13(14)21(28)26-17-4-2-1-3-12(17)20(27)25-11-5-6-18-19(7-11)30-10-29-18/h1-9H,10H2,(H,25,27)(H,26,28). The number of anilines is 2. The first-order valence-electron chi connectivity index (χ1n) is 8.68. The number of carbonyl (C=O) groups excluding carboxylic acids is 2. The number of ether oxygens (including phenoxy) is 2. The molecule has 0 unspecified atom stereocenters. The zero-order valence-corrected chi connectivity index (χ0v) is 16.7. The van der Waals surface area contributed by atoms with Crippen molar-refractivity contribution in [3.63, 3.8) is 0 Å². The van der Waals surface area contributed by atoms with Gasteiger partial charge in [-0.2, -0.15) is 0 Å². The van der Waals surface area contributed by atoms with E-state index in [1.54, 1.807) is 42.5 Å². The predicted molar refractivity (Wildman–Crippen MR) is 111 cm³/mol. The van der Waals surface area contributed by atoms with Crippen LogP contribution in [0.25, 0.3) is 0 Å². The van der Waals surface area contributed by atoms with Gasteiger partial charge in [0, 0.05) is 11.8 Å². The van der Waals surface area contributed by atoms with Crippen molar-refractivity contribution in [2.75, 3.05) is 17.4 Å². The average molecular weight is 447 g/mol. The summed E-state index contributed by atoms with van der Waals surface area (Å²) in [6.07, 6.45) is 0. The van der Waals surface area contributed by atoms with E-state index in [1.165, 1.54) is 0 Å². The summed E-state index contributed by atoms with van der Waals surface area (Å²) >= 11 is 11.7. The van der Waals surface area contributed by atoms with Crippen molar-refractivity contribution in [2.24, 2.45) is 0 Å². The molecular weight excluding hydrogens is 434 g/mol. The first-order chi connectivity index (χ1) is 14.4. The Morgan fingerprint density at radius 3 is 2.40 bits per heavy atom. The van der Waals surface area contributed by atoms with Crippen molar-refractivity contribution < 1.29 is 23.5 Å². The molecule has 2 N–H and O–H groups in total. The number of nitrogens with one attached hydrogen (secondary N) is 2. The quantitative estimate of drug-likeness (QED) is 0.528. The highest BCUT2D eigenvalue weighted by molar-refractivity contribution is 6.37. The lowest BCUT2D eigenvalue weighted by Gasteiger charge is -2.12. The minimum atomic E-state index is -0.778. The van der Waals surface area contributed by atoms with Crippen LogP contribution in [0.4, 0.5) is 15.8 Å². The molecule has 0 aliphatic carbocycles. The Hall–Kier alpha value is -3.29. The van der Waals surface area contributed by atoms with Crippen LogP contribution in [-0.2, 0) is 0 Å². The highest BCUT2D eigenvalue weighted by Gasteiger charge is 2.19. The second-order valence-electron chi connectivity index (χ2n) is 6.27. The lowest BCUT2D eigenvalue weighted by Crippen LogP contribution is -2.18. The maximum absolute atomic E-state index is 13.7. The van der Waals surface area contributed by atoms with Gasteiger partial charge in [0.2, 0.25) is 6.79 Å². The maximum Gasteiger partial charge on any atom is 0.257 e. The van der Waals surface area contributed by atoms with Gasteiger partial charge in [-0.25, -0.2) is 4.39 Å². The van der Waals surface area contributed by atoms with Gasteiger partial charge in [0.25, 0.3) is 11.8 Å². The Labute approximate surface area is 180 Å². The highest BCUT2D eigenvalue weighted by atomic mass is 35.5. The molecule has 0 spiro atoms. The van der Waals surface area contributed by atoms with Gasteiger partial charge in [-0.1, -0.05) is 35.3 Å². The summed E-state index contributed by atoms with van der Waals surface area (Å²) in [7, 11) is 0.